The van der Waals surface area contributed by atoms with Crippen molar-refractivity contribution in [3.05, 3.63) is 21.4 Å². The van der Waals surface area contributed by atoms with Gasteiger partial charge < -0.3 is 5.32 Å². The van der Waals surface area contributed by atoms with Gasteiger partial charge in [0.1, 0.15) is 0 Å². The lowest BCUT2D eigenvalue weighted by molar-refractivity contribution is 0.355. The molecule has 0 bridgehead atoms. The maximum absolute atomic E-state index is 3.74. The predicted octanol–water partition coefficient (Wildman–Crippen LogP) is 4.45. The fourth-order valence-electron chi connectivity index (χ4n) is 2.27. The third kappa shape index (κ3) is 3.33. The summed E-state index contributed by atoms with van der Waals surface area (Å²) in [5.74, 6) is 0.701. The Morgan fingerprint density at radius 2 is 1.88 bits per heavy atom. The number of thiophene rings is 1. The Balaban J connectivity index is 2.71. The summed E-state index contributed by atoms with van der Waals surface area (Å²) in [5.41, 5.74) is 1.47. The third-order valence-corrected chi connectivity index (χ3v) is 4.24. The number of aryl methyl sites for hydroxylation is 2. The molecule has 2 unspecified atom stereocenters. The summed E-state index contributed by atoms with van der Waals surface area (Å²) in [6.45, 7) is 13.5. The highest BCUT2D eigenvalue weighted by Gasteiger charge is 2.17. The third-order valence-electron chi connectivity index (χ3n) is 3.25. The zero-order valence-corrected chi connectivity index (χ0v) is 12.2. The van der Waals surface area contributed by atoms with Crippen LogP contribution in [0.3, 0.4) is 0 Å². The molecule has 0 amide bonds. The van der Waals surface area contributed by atoms with Gasteiger partial charge in [-0.2, -0.15) is 0 Å². The Hall–Kier alpha value is -0.340. The Kier molecular flexibility index (Phi) is 5.00. The van der Waals surface area contributed by atoms with E-state index >= 15 is 0 Å². The molecule has 2 atom stereocenters. The van der Waals surface area contributed by atoms with E-state index in [1.54, 1.807) is 0 Å². The second kappa shape index (κ2) is 5.83. The molecule has 0 aliphatic carbocycles. The van der Waals surface area contributed by atoms with Crippen LogP contribution in [0, 0.1) is 19.8 Å². The fraction of sp³-hybridized carbons (Fsp3) is 0.714. The van der Waals surface area contributed by atoms with Crippen LogP contribution in [0.25, 0.3) is 0 Å². The van der Waals surface area contributed by atoms with Crippen molar-refractivity contribution in [3.63, 3.8) is 0 Å². The van der Waals surface area contributed by atoms with Gasteiger partial charge in [-0.05, 0) is 44.7 Å². The summed E-state index contributed by atoms with van der Waals surface area (Å²) in [6, 6.07) is 3.41. The normalized spacial score (nSPS) is 15.4. The summed E-state index contributed by atoms with van der Waals surface area (Å²) in [7, 11) is 0. The zero-order chi connectivity index (χ0) is 12.3. The van der Waals surface area contributed by atoms with Gasteiger partial charge in [-0.15, -0.1) is 11.3 Å². The van der Waals surface area contributed by atoms with E-state index in [0.717, 1.165) is 0 Å². The number of nitrogens with one attached hydrogen (secondary N) is 1. The highest BCUT2D eigenvalue weighted by Crippen LogP contribution is 2.27. The molecule has 92 valence electrons. The van der Waals surface area contributed by atoms with Gasteiger partial charge in [0.15, 0.2) is 0 Å². The molecule has 0 aliphatic heterocycles. The lowest BCUT2D eigenvalue weighted by Crippen LogP contribution is -2.35. The van der Waals surface area contributed by atoms with Crippen LogP contribution in [0.5, 0.6) is 0 Å². The van der Waals surface area contributed by atoms with E-state index in [1.807, 2.05) is 11.3 Å². The second-order valence-electron chi connectivity index (χ2n) is 5.02. The van der Waals surface area contributed by atoms with Crippen molar-refractivity contribution in [3.8, 4) is 0 Å². The molecular formula is C14H25NS. The molecule has 0 saturated carbocycles. The highest BCUT2D eigenvalue weighted by atomic mass is 32.1. The summed E-state index contributed by atoms with van der Waals surface area (Å²) in [4.78, 5) is 2.87. The van der Waals surface area contributed by atoms with Gasteiger partial charge in [0.25, 0.3) is 0 Å². The van der Waals surface area contributed by atoms with E-state index in [1.165, 1.54) is 21.7 Å². The van der Waals surface area contributed by atoms with Gasteiger partial charge in [0.2, 0.25) is 0 Å². The molecule has 0 spiro atoms. The molecule has 1 aromatic heterocycles. The molecule has 0 aliphatic rings. The Morgan fingerprint density at radius 3 is 2.25 bits per heavy atom. The van der Waals surface area contributed by atoms with E-state index in [-0.39, 0.29) is 0 Å². The summed E-state index contributed by atoms with van der Waals surface area (Å²) >= 11 is 1.90. The van der Waals surface area contributed by atoms with Crippen molar-refractivity contribution in [2.45, 2.75) is 60.0 Å². The lowest BCUT2D eigenvalue weighted by Gasteiger charge is -2.25. The molecule has 0 aromatic carbocycles. The van der Waals surface area contributed by atoms with Crippen molar-refractivity contribution < 1.29 is 0 Å². The number of rotatable bonds is 5. The van der Waals surface area contributed by atoms with Gasteiger partial charge in [-0.1, -0.05) is 20.8 Å². The van der Waals surface area contributed by atoms with Gasteiger partial charge in [0, 0.05) is 21.8 Å². The van der Waals surface area contributed by atoms with Crippen LogP contribution in [0.15, 0.2) is 6.07 Å². The average molecular weight is 239 g/mol. The SMILES string of the molecule is CCC(NC(C)c1cc(C)sc1C)C(C)C. The lowest BCUT2D eigenvalue weighted by atomic mass is 9.99. The molecule has 2 heteroatoms. The van der Waals surface area contributed by atoms with Crippen molar-refractivity contribution in [1.82, 2.24) is 5.32 Å². The Labute approximate surface area is 104 Å². The molecule has 1 N–H and O–H groups in total. The van der Waals surface area contributed by atoms with Gasteiger partial charge >= 0.3 is 0 Å². The maximum Gasteiger partial charge on any atom is 0.0305 e. The number of hydrogen-bond acceptors (Lipinski definition) is 2. The van der Waals surface area contributed by atoms with Crippen LogP contribution in [0.2, 0.25) is 0 Å². The minimum atomic E-state index is 0.470. The molecule has 0 radical (unpaired) electrons. The van der Waals surface area contributed by atoms with Crippen molar-refractivity contribution in [1.29, 1.82) is 0 Å². The molecule has 1 aromatic rings. The quantitative estimate of drug-likeness (QED) is 0.800. The molecule has 0 fully saturated rings. The molecule has 1 heterocycles. The zero-order valence-electron chi connectivity index (χ0n) is 11.4. The Bertz CT molecular complexity index is 327. The van der Waals surface area contributed by atoms with Crippen LogP contribution >= 0.6 is 11.3 Å². The molecule has 16 heavy (non-hydrogen) atoms. The van der Waals surface area contributed by atoms with Crippen molar-refractivity contribution in [2.75, 3.05) is 0 Å². The summed E-state index contributed by atoms with van der Waals surface area (Å²) in [5, 5.41) is 3.74. The summed E-state index contributed by atoms with van der Waals surface area (Å²) < 4.78 is 0. The van der Waals surface area contributed by atoms with Crippen molar-refractivity contribution >= 4 is 11.3 Å². The monoisotopic (exact) mass is 239 g/mol. The molecule has 1 nitrogen and oxygen atoms in total. The van der Waals surface area contributed by atoms with E-state index in [9.17, 15) is 0 Å². The first-order valence-corrected chi connectivity index (χ1v) is 7.10. The van der Waals surface area contributed by atoms with Gasteiger partial charge in [-0.25, -0.2) is 0 Å². The molecule has 1 rings (SSSR count). The minimum Gasteiger partial charge on any atom is -0.307 e. The van der Waals surface area contributed by atoms with Gasteiger partial charge in [0.05, 0.1) is 0 Å². The topological polar surface area (TPSA) is 12.0 Å². The molecular weight excluding hydrogens is 214 g/mol. The first kappa shape index (κ1) is 13.7. The largest absolute Gasteiger partial charge is 0.307 e. The highest BCUT2D eigenvalue weighted by molar-refractivity contribution is 7.12. The van der Waals surface area contributed by atoms with Crippen LogP contribution in [0.1, 0.15) is 55.5 Å². The van der Waals surface area contributed by atoms with E-state index in [4.69, 9.17) is 0 Å². The van der Waals surface area contributed by atoms with Crippen molar-refractivity contribution in [2.24, 2.45) is 5.92 Å². The standard InChI is InChI=1S/C14H25NS/c1-7-14(9(2)3)15-11(5)13-8-10(4)16-12(13)6/h8-9,11,14-15H,7H2,1-6H3. The van der Waals surface area contributed by atoms with Crippen LogP contribution in [-0.4, -0.2) is 6.04 Å². The van der Waals surface area contributed by atoms with Crippen LogP contribution in [-0.2, 0) is 0 Å². The predicted molar refractivity (Wildman–Crippen MR) is 74.3 cm³/mol. The van der Waals surface area contributed by atoms with Crippen LogP contribution < -0.4 is 5.32 Å². The number of hydrogen-bond donors (Lipinski definition) is 1. The average Bonchev–Trinajstić information content (AvgIpc) is 2.53. The first-order chi connectivity index (χ1) is 7.45. The second-order valence-corrected chi connectivity index (χ2v) is 6.48. The fourth-order valence-corrected chi connectivity index (χ4v) is 3.30. The first-order valence-electron chi connectivity index (χ1n) is 6.28. The van der Waals surface area contributed by atoms with E-state index in [2.05, 4.69) is 52.9 Å². The maximum atomic E-state index is 3.74. The van der Waals surface area contributed by atoms with E-state index < -0.39 is 0 Å². The smallest absolute Gasteiger partial charge is 0.0305 e. The molecule has 0 saturated heterocycles. The van der Waals surface area contributed by atoms with E-state index in [0.29, 0.717) is 18.0 Å². The Morgan fingerprint density at radius 1 is 1.25 bits per heavy atom. The van der Waals surface area contributed by atoms with Gasteiger partial charge in [-0.3, -0.25) is 0 Å². The summed E-state index contributed by atoms with van der Waals surface area (Å²) in [6.07, 6.45) is 1.20. The van der Waals surface area contributed by atoms with Crippen LogP contribution in [0.4, 0.5) is 0 Å². The minimum absolute atomic E-state index is 0.470.